The van der Waals surface area contributed by atoms with Crippen LogP contribution in [-0.2, 0) is 20.7 Å². The Balaban J connectivity index is -0.000000655. The minimum atomic E-state index is -4.01. The maximum atomic E-state index is 12.1. The highest BCUT2D eigenvalue weighted by atomic mass is 19.4. The van der Waals surface area contributed by atoms with Crippen molar-refractivity contribution in [1.29, 1.82) is 0 Å². The first-order chi connectivity index (χ1) is 20.3. The lowest BCUT2D eigenvalue weighted by Crippen LogP contribution is -2.38. The maximum Gasteiger partial charge on any atom is 0.389 e. The van der Waals surface area contributed by atoms with Gasteiger partial charge in [0.05, 0.1) is 24.8 Å². The summed E-state index contributed by atoms with van der Waals surface area (Å²) in [5.41, 5.74) is 1.08. The monoisotopic (exact) mass is 631 g/mol. The van der Waals surface area contributed by atoms with E-state index in [0.717, 1.165) is 23.6 Å². The van der Waals surface area contributed by atoms with Gasteiger partial charge in [0.1, 0.15) is 18.2 Å². The smallest absolute Gasteiger partial charge is 0.389 e. The predicted molar refractivity (Wildman–Crippen MR) is 170 cm³/mol. The van der Waals surface area contributed by atoms with Crippen molar-refractivity contribution in [3.8, 4) is 12.8 Å². The van der Waals surface area contributed by atoms with Crippen LogP contribution in [0.1, 0.15) is 105 Å². The van der Waals surface area contributed by atoms with E-state index >= 15 is 0 Å². The van der Waals surface area contributed by atoms with Crippen molar-refractivity contribution in [3.05, 3.63) is 42.2 Å². The quantitative estimate of drug-likeness (QED) is 0.115. The van der Waals surface area contributed by atoms with Gasteiger partial charge in [0.15, 0.2) is 5.89 Å². The van der Waals surface area contributed by atoms with Crippen LogP contribution in [-0.4, -0.2) is 51.9 Å². The van der Waals surface area contributed by atoms with Crippen LogP contribution in [0.3, 0.4) is 0 Å². The molecule has 0 bridgehead atoms. The molecule has 2 unspecified atom stereocenters. The van der Waals surface area contributed by atoms with Gasteiger partial charge in [0, 0.05) is 31.1 Å². The summed E-state index contributed by atoms with van der Waals surface area (Å²) in [5.74, 6) is 0.0188. The molecule has 0 radical (unpaired) electrons. The number of carbonyl (C=O) groups excluding carboxylic acids is 2. The number of allylic oxidation sites excluding steroid dienone is 2. The highest BCUT2D eigenvalue weighted by Gasteiger charge is 2.36. The molecule has 0 fully saturated rings. The molecule has 2 N–H and O–H groups in total. The van der Waals surface area contributed by atoms with Gasteiger partial charge in [-0.1, -0.05) is 67.2 Å². The fourth-order valence-electron chi connectivity index (χ4n) is 3.48. The van der Waals surface area contributed by atoms with E-state index in [9.17, 15) is 27.9 Å². The third-order valence-corrected chi connectivity index (χ3v) is 6.71. The van der Waals surface area contributed by atoms with E-state index in [2.05, 4.69) is 31.3 Å². The zero-order valence-electron chi connectivity index (χ0n) is 28.2. The lowest BCUT2D eigenvalue weighted by Gasteiger charge is -2.33. The van der Waals surface area contributed by atoms with E-state index < -0.39 is 36.0 Å². The minimum absolute atomic E-state index is 0.0989. The molecule has 254 valence electrons. The number of aliphatic hydroxyl groups excluding tert-OH is 2. The number of rotatable bonds is 15. The third-order valence-electron chi connectivity index (χ3n) is 6.71. The van der Waals surface area contributed by atoms with Crippen LogP contribution in [0.15, 0.2) is 35.0 Å². The van der Waals surface area contributed by atoms with E-state index in [-0.39, 0.29) is 37.8 Å². The van der Waals surface area contributed by atoms with Crippen molar-refractivity contribution in [2.75, 3.05) is 6.61 Å². The summed E-state index contributed by atoms with van der Waals surface area (Å²) in [6.45, 7) is 20.3. The SMILES string of the molecule is C#C.C=C(C)C(CC)OC(=O)C[C@H](O)C(C)(CC)CC(=O)[C@H](C)CO.CC(C)/C=C/CCC(F)(F)F.CCc1coc(C)n1. The van der Waals surface area contributed by atoms with Gasteiger partial charge in [-0.15, -0.1) is 12.8 Å². The molecular formula is C34H56F3NO6. The minimum Gasteiger partial charge on any atom is -0.458 e. The number of esters is 1. The van der Waals surface area contributed by atoms with Gasteiger partial charge in [0.25, 0.3) is 0 Å². The second kappa shape index (κ2) is 24.4. The number of carbonyl (C=O) groups is 2. The molecule has 0 aliphatic heterocycles. The Hall–Kier alpha value is -2.90. The zero-order chi connectivity index (χ0) is 35.1. The molecule has 0 saturated carbocycles. The van der Waals surface area contributed by atoms with Crippen LogP contribution >= 0.6 is 0 Å². The van der Waals surface area contributed by atoms with Crippen LogP contribution < -0.4 is 0 Å². The normalized spacial score (nSPS) is 14.4. The molecule has 0 amide bonds. The van der Waals surface area contributed by atoms with Crippen LogP contribution in [0.4, 0.5) is 13.2 Å². The largest absolute Gasteiger partial charge is 0.458 e. The molecule has 0 aromatic carbocycles. The van der Waals surface area contributed by atoms with Crippen molar-refractivity contribution in [1.82, 2.24) is 4.98 Å². The summed E-state index contributed by atoms with van der Waals surface area (Å²) in [6.07, 6.45) is 9.20. The van der Waals surface area contributed by atoms with E-state index in [0.29, 0.717) is 18.8 Å². The highest BCUT2D eigenvalue weighted by Crippen LogP contribution is 2.33. The molecule has 0 spiro atoms. The molecule has 1 aromatic rings. The zero-order valence-corrected chi connectivity index (χ0v) is 28.2. The molecule has 4 atom stereocenters. The summed E-state index contributed by atoms with van der Waals surface area (Å²) in [4.78, 5) is 28.1. The fourth-order valence-corrected chi connectivity index (χ4v) is 3.48. The molecule has 44 heavy (non-hydrogen) atoms. The first-order valence-electron chi connectivity index (χ1n) is 15.0. The van der Waals surface area contributed by atoms with Gasteiger partial charge in [-0.25, -0.2) is 4.98 Å². The first-order valence-corrected chi connectivity index (χ1v) is 15.0. The number of aromatic nitrogens is 1. The fraction of sp³-hybridized carbons (Fsp3) is 0.676. The topological polar surface area (TPSA) is 110 Å². The Morgan fingerprint density at radius 3 is 2.09 bits per heavy atom. The van der Waals surface area contributed by atoms with Gasteiger partial charge in [0.2, 0.25) is 0 Å². The maximum absolute atomic E-state index is 12.1. The van der Waals surface area contributed by atoms with Crippen LogP contribution in [0.5, 0.6) is 0 Å². The summed E-state index contributed by atoms with van der Waals surface area (Å²) in [7, 11) is 0. The summed E-state index contributed by atoms with van der Waals surface area (Å²) >= 11 is 0. The standard InChI is InChI=1S/C18H32O5.C8H13F3.C6H9NO.C2H2/c1-7-15(12(3)4)23-17(22)9-16(21)18(6,8-2)10-14(20)13(5)11-19;1-7(2)5-3-4-6-8(9,10)11;1-3-6-4-8-5(2)7-6;1-2/h13,15-16,19,21H,3,7-11H2,1-2,4-6H3;3,5,7H,4,6H2,1-2H3;4H,3H2,1-2H3;1-2H/b;5-3+;;/t13-,15?,16+,18?;;;/m1.../s1. The first kappa shape index (κ1) is 45.5. The molecule has 1 rings (SSSR count). The Morgan fingerprint density at radius 1 is 1.18 bits per heavy atom. The Labute approximate surface area is 263 Å². The average Bonchev–Trinajstić information content (AvgIpc) is 3.39. The molecular weight excluding hydrogens is 575 g/mol. The van der Waals surface area contributed by atoms with Crippen molar-refractivity contribution in [2.45, 2.75) is 126 Å². The number of aryl methyl sites for hydroxylation is 2. The third kappa shape index (κ3) is 22.6. The highest BCUT2D eigenvalue weighted by molar-refractivity contribution is 5.81. The molecule has 0 saturated heterocycles. The molecule has 1 heterocycles. The van der Waals surface area contributed by atoms with Gasteiger partial charge in [-0.2, -0.15) is 13.2 Å². The van der Waals surface area contributed by atoms with Gasteiger partial charge >= 0.3 is 12.1 Å². The summed E-state index contributed by atoms with van der Waals surface area (Å²) < 4.78 is 44.9. The lowest BCUT2D eigenvalue weighted by molar-refractivity contribution is -0.153. The number of alkyl halides is 3. The van der Waals surface area contributed by atoms with Gasteiger partial charge < -0.3 is 19.4 Å². The second-order valence-electron chi connectivity index (χ2n) is 11.2. The Kier molecular flexibility index (Phi) is 25.3. The van der Waals surface area contributed by atoms with Crippen molar-refractivity contribution >= 4 is 11.8 Å². The average molecular weight is 632 g/mol. The molecule has 1 aromatic heterocycles. The number of ether oxygens (including phenoxy) is 1. The molecule has 0 aliphatic carbocycles. The molecule has 7 nitrogen and oxygen atoms in total. The number of nitrogens with zero attached hydrogens (tertiary/aromatic N) is 1. The van der Waals surface area contributed by atoms with Gasteiger partial charge in [-0.3, -0.25) is 9.59 Å². The lowest BCUT2D eigenvalue weighted by atomic mass is 9.74. The number of aliphatic hydroxyl groups is 2. The van der Waals surface area contributed by atoms with Crippen molar-refractivity contribution in [2.24, 2.45) is 17.3 Å². The second-order valence-corrected chi connectivity index (χ2v) is 11.2. The van der Waals surface area contributed by atoms with Crippen molar-refractivity contribution < 1.29 is 42.1 Å². The number of ketones is 1. The predicted octanol–water partition coefficient (Wildman–Crippen LogP) is 7.98. The van der Waals surface area contributed by atoms with Crippen LogP contribution in [0, 0.1) is 37.0 Å². The Bertz CT molecular complexity index is 983. The van der Waals surface area contributed by atoms with Crippen LogP contribution in [0.2, 0.25) is 0 Å². The van der Waals surface area contributed by atoms with E-state index in [4.69, 9.17) is 14.3 Å². The van der Waals surface area contributed by atoms with Gasteiger partial charge in [-0.05, 0) is 44.1 Å². The number of halogens is 3. The number of terminal acetylenes is 1. The number of oxazole rings is 1. The molecule has 10 heteroatoms. The summed E-state index contributed by atoms with van der Waals surface area (Å²) in [5, 5.41) is 19.5. The van der Waals surface area contributed by atoms with E-state index in [1.165, 1.54) is 0 Å². The van der Waals surface area contributed by atoms with E-state index in [1.54, 1.807) is 39.2 Å². The number of hydrogen-bond donors (Lipinski definition) is 2. The van der Waals surface area contributed by atoms with Crippen molar-refractivity contribution in [3.63, 3.8) is 0 Å². The van der Waals surface area contributed by atoms with E-state index in [1.807, 2.05) is 34.6 Å². The Morgan fingerprint density at radius 2 is 1.75 bits per heavy atom. The number of hydrogen-bond acceptors (Lipinski definition) is 7. The van der Waals surface area contributed by atoms with Crippen LogP contribution in [0.25, 0.3) is 0 Å². The summed E-state index contributed by atoms with van der Waals surface area (Å²) in [6, 6.07) is 0. The molecule has 0 aliphatic rings. The number of Topliss-reactive ketones (excluding diaryl/α,β-unsaturated/α-hetero) is 1.